The molecule has 0 amide bonds. The minimum Gasteiger partial charge on any atom is -0.373 e. The highest BCUT2D eigenvalue weighted by Crippen LogP contribution is 2.42. The van der Waals surface area contributed by atoms with Gasteiger partial charge in [0.1, 0.15) is 0 Å². The lowest BCUT2D eigenvalue weighted by Gasteiger charge is -2.37. The fourth-order valence-electron chi connectivity index (χ4n) is 15.4. The van der Waals surface area contributed by atoms with Crippen molar-refractivity contribution >= 4 is 56.8 Å². The average molecular weight is 1730 g/mol. The predicted octanol–water partition coefficient (Wildman–Crippen LogP) is 33.0. The van der Waals surface area contributed by atoms with Crippen LogP contribution < -0.4 is 0 Å². The molecular weight excluding hydrogens is 1520 g/mol. The molecular formula is C96H202O12S2Si4. The summed E-state index contributed by atoms with van der Waals surface area (Å²) in [5.41, 5.74) is 0.263. The molecule has 0 aromatic heterocycles. The van der Waals surface area contributed by atoms with Gasteiger partial charge in [-0.05, 0) is 116 Å². The summed E-state index contributed by atoms with van der Waals surface area (Å²) >= 11 is 0. The number of rotatable bonds is 101. The van der Waals surface area contributed by atoms with Crippen LogP contribution in [0.25, 0.3) is 0 Å². The third kappa shape index (κ3) is 68.4. The van der Waals surface area contributed by atoms with Gasteiger partial charge in [0.2, 0.25) is 0 Å². The standard InChI is InChI=1S/C96H202O12S2Si4/c1-13-25-37-49-55-67-79-97-111(98-80-68-56-50-38-26-14-2,99-81-69-57-51-39-27-15-3)93-73-75-95(113(103-85-61-43-31-19-7,104-86-62-44-32-20-8)105-87-63-45-33-21-9)77-91-109-110-92-78-96(114(106-88-64-46-34-22-10,107-89-65-47-35-23-11)108-90-66-48-36-24-12)76-74-94-112(100-82-70-58-52-40-28-16-4,101-83-71-59-53-41-29-17-5)102-84-72-60-54-42-30-18-6/h95-96H,13-94H2,1-12H3. The Morgan fingerprint density at radius 3 is 0.465 bits per heavy atom. The van der Waals surface area contributed by atoms with E-state index in [4.69, 9.17) is 53.1 Å². The van der Waals surface area contributed by atoms with Gasteiger partial charge in [-0.1, -0.05) is 413 Å². The quantitative estimate of drug-likeness (QED) is 0.0327. The highest BCUT2D eigenvalue weighted by molar-refractivity contribution is 8.76. The molecule has 0 aromatic carbocycles. The monoisotopic (exact) mass is 1720 g/mol. The summed E-state index contributed by atoms with van der Waals surface area (Å²) in [6.45, 7) is 36.2. The maximum absolute atomic E-state index is 7.53. The summed E-state index contributed by atoms with van der Waals surface area (Å²) in [4.78, 5) is 0. The Morgan fingerprint density at radius 1 is 0.158 bits per heavy atom. The summed E-state index contributed by atoms with van der Waals surface area (Å²) in [6, 6.07) is 1.64. The Kier molecular flexibility index (Phi) is 91.2. The molecule has 0 radical (unpaired) electrons. The zero-order chi connectivity index (χ0) is 83.0. The molecule has 0 aliphatic rings. The van der Waals surface area contributed by atoms with Gasteiger partial charge >= 0.3 is 35.2 Å². The molecule has 0 saturated heterocycles. The minimum atomic E-state index is -3.31. The highest BCUT2D eigenvalue weighted by Gasteiger charge is 2.52. The lowest BCUT2D eigenvalue weighted by atomic mass is 10.1. The van der Waals surface area contributed by atoms with E-state index in [1.165, 1.54) is 308 Å². The van der Waals surface area contributed by atoms with E-state index in [0.29, 0.717) is 79.3 Å². The van der Waals surface area contributed by atoms with E-state index in [1.807, 2.05) is 0 Å². The van der Waals surface area contributed by atoms with Crippen molar-refractivity contribution in [3.05, 3.63) is 0 Å². The maximum atomic E-state index is 7.53. The Balaban J connectivity index is 8.26. The molecule has 2 unspecified atom stereocenters. The minimum absolute atomic E-state index is 0.131. The van der Waals surface area contributed by atoms with Crippen LogP contribution in [0.4, 0.5) is 0 Å². The SMILES string of the molecule is CCCCCCCCO[Si](CCCC(CCSSCCC(CCC[Si](OCCCCCCCC)(OCCCCCCCC)OCCCCCCCC)[Si](OCCCCCC)(OCCCCCC)OCCCCCC)[Si](OCCCCCC)(OCCCCCC)OCCCCCC)(OCCCCCCCC)OCCCCCCCC. The van der Waals surface area contributed by atoms with Crippen LogP contribution in [-0.4, -0.2) is 126 Å². The first-order valence-corrected chi connectivity index (χ1v) is 61.0. The summed E-state index contributed by atoms with van der Waals surface area (Å²) in [5.74, 6) is 1.97. The molecule has 0 spiro atoms. The zero-order valence-corrected chi connectivity index (χ0v) is 84.5. The van der Waals surface area contributed by atoms with Crippen LogP contribution in [0.1, 0.15) is 507 Å². The molecule has 0 fully saturated rings. The van der Waals surface area contributed by atoms with Crippen LogP contribution in [0.5, 0.6) is 0 Å². The molecule has 686 valence electrons. The van der Waals surface area contributed by atoms with E-state index >= 15 is 0 Å². The summed E-state index contributed by atoms with van der Waals surface area (Å²) in [6.07, 6.45) is 77.8. The lowest BCUT2D eigenvalue weighted by molar-refractivity contribution is 0.0420. The summed E-state index contributed by atoms with van der Waals surface area (Å²) in [5, 5.41) is 0. The van der Waals surface area contributed by atoms with E-state index in [-0.39, 0.29) is 11.1 Å². The Hall–Kier alpha value is 1.09. The molecule has 0 bridgehead atoms. The molecule has 0 heterocycles. The van der Waals surface area contributed by atoms with Gasteiger partial charge in [-0.2, -0.15) is 0 Å². The second kappa shape index (κ2) is 90.3. The molecule has 0 N–H and O–H groups in total. The van der Waals surface area contributed by atoms with Crippen molar-refractivity contribution in [3.8, 4) is 0 Å². The molecule has 18 heteroatoms. The average Bonchev–Trinajstić information content (AvgIpc) is 0.792. The molecule has 0 aliphatic heterocycles. The van der Waals surface area contributed by atoms with Crippen molar-refractivity contribution in [3.63, 3.8) is 0 Å². The topological polar surface area (TPSA) is 111 Å². The van der Waals surface area contributed by atoms with Crippen molar-refractivity contribution in [2.45, 2.75) is 530 Å². The van der Waals surface area contributed by atoms with Gasteiger partial charge in [-0.15, -0.1) is 0 Å². The molecule has 0 saturated carbocycles. The van der Waals surface area contributed by atoms with Gasteiger partial charge in [0.05, 0.1) is 0 Å². The van der Waals surface area contributed by atoms with Crippen LogP contribution in [0.2, 0.25) is 23.2 Å². The van der Waals surface area contributed by atoms with Crippen molar-refractivity contribution in [1.29, 1.82) is 0 Å². The van der Waals surface area contributed by atoms with E-state index < -0.39 is 35.2 Å². The predicted molar refractivity (Wildman–Crippen MR) is 509 cm³/mol. The van der Waals surface area contributed by atoms with Gasteiger partial charge in [-0.3, -0.25) is 0 Å². The third-order valence-electron chi connectivity index (χ3n) is 23.0. The Labute approximate surface area is 725 Å². The van der Waals surface area contributed by atoms with Crippen molar-refractivity contribution in [2.24, 2.45) is 0 Å². The smallest absolute Gasteiger partial charge is 0.373 e. The van der Waals surface area contributed by atoms with Crippen molar-refractivity contribution in [2.75, 3.05) is 90.8 Å². The van der Waals surface area contributed by atoms with E-state index in [1.54, 1.807) is 0 Å². The molecule has 12 nitrogen and oxygen atoms in total. The summed E-state index contributed by atoms with van der Waals surface area (Å²) in [7, 11) is -8.71. The largest absolute Gasteiger partial charge is 0.504 e. The summed E-state index contributed by atoms with van der Waals surface area (Å²) < 4.78 is 88.9. The third-order valence-corrected chi connectivity index (χ3v) is 38.0. The highest BCUT2D eigenvalue weighted by atomic mass is 33.1. The first kappa shape index (κ1) is 115. The Morgan fingerprint density at radius 2 is 0.298 bits per heavy atom. The Bertz CT molecular complexity index is 1550. The molecule has 114 heavy (non-hydrogen) atoms. The second-order valence-electron chi connectivity index (χ2n) is 34.1. The molecule has 2 atom stereocenters. The van der Waals surface area contributed by atoms with Crippen molar-refractivity contribution in [1.82, 2.24) is 0 Å². The first-order chi connectivity index (χ1) is 56.1. The van der Waals surface area contributed by atoms with Crippen molar-refractivity contribution < 1.29 is 53.1 Å². The van der Waals surface area contributed by atoms with E-state index in [9.17, 15) is 0 Å². The second-order valence-corrected chi connectivity index (χ2v) is 48.1. The number of hydrogen-bond donors (Lipinski definition) is 0. The van der Waals surface area contributed by atoms with Crippen LogP contribution >= 0.6 is 21.6 Å². The zero-order valence-electron chi connectivity index (χ0n) is 78.9. The van der Waals surface area contributed by atoms with Crippen LogP contribution in [-0.2, 0) is 53.1 Å². The fraction of sp³-hybridized carbons (Fsp3) is 1.00. The number of hydrogen-bond acceptors (Lipinski definition) is 14. The van der Waals surface area contributed by atoms with E-state index in [0.717, 1.165) is 139 Å². The normalized spacial score (nSPS) is 13.1. The van der Waals surface area contributed by atoms with Gasteiger partial charge < -0.3 is 53.1 Å². The molecule has 0 rings (SSSR count). The maximum Gasteiger partial charge on any atom is 0.504 e. The van der Waals surface area contributed by atoms with E-state index in [2.05, 4.69) is 105 Å². The lowest BCUT2D eigenvalue weighted by Crippen LogP contribution is -2.51. The fourth-order valence-corrected chi connectivity index (χ4v) is 30.1. The van der Waals surface area contributed by atoms with Gasteiger partial charge in [0, 0.05) is 114 Å². The van der Waals surface area contributed by atoms with Gasteiger partial charge in [0.15, 0.2) is 0 Å². The van der Waals surface area contributed by atoms with Crippen LogP contribution in [0.15, 0.2) is 0 Å². The number of unbranched alkanes of at least 4 members (excludes halogenated alkanes) is 48. The van der Waals surface area contributed by atoms with Crippen LogP contribution in [0, 0.1) is 0 Å². The van der Waals surface area contributed by atoms with Crippen LogP contribution in [0.3, 0.4) is 0 Å². The molecule has 0 aliphatic carbocycles. The molecule has 0 aromatic rings. The van der Waals surface area contributed by atoms with Gasteiger partial charge in [-0.25, -0.2) is 0 Å². The van der Waals surface area contributed by atoms with Gasteiger partial charge in [0.25, 0.3) is 0 Å². The first-order valence-electron chi connectivity index (χ1n) is 51.1.